The molecule has 2 aromatic rings. The lowest BCUT2D eigenvalue weighted by atomic mass is 10.2. The first-order valence-electron chi connectivity index (χ1n) is 7.96. The third-order valence-corrected chi connectivity index (χ3v) is 3.91. The van der Waals surface area contributed by atoms with E-state index in [1.165, 1.54) is 12.1 Å². The molecular weight excluding hydrogens is 349 g/mol. The molecule has 0 aliphatic rings. The third kappa shape index (κ3) is 4.98. The van der Waals surface area contributed by atoms with Crippen LogP contribution in [0.4, 0.5) is 23.7 Å². The molecule has 2 N–H and O–H groups in total. The van der Waals surface area contributed by atoms with Crippen molar-refractivity contribution in [3.05, 3.63) is 46.8 Å². The summed E-state index contributed by atoms with van der Waals surface area (Å²) < 4.78 is 44.9. The van der Waals surface area contributed by atoms with Crippen molar-refractivity contribution in [3.63, 3.8) is 0 Å². The third-order valence-electron chi connectivity index (χ3n) is 3.91. The number of carbonyl (C=O) groups excluding carboxylic acids is 1. The smallest absolute Gasteiger partial charge is 0.383 e. The number of nitrogens with zero attached hydrogens (tertiary/aromatic N) is 2. The number of halogens is 3. The number of rotatable bonds is 6. The summed E-state index contributed by atoms with van der Waals surface area (Å²) in [5.74, 6) is 0. The Morgan fingerprint density at radius 2 is 2.04 bits per heavy atom. The van der Waals surface area contributed by atoms with Gasteiger partial charge in [-0.05, 0) is 32.0 Å². The number of urea groups is 1. The Labute approximate surface area is 149 Å². The number of hydrogen-bond acceptors (Lipinski definition) is 3. The molecule has 26 heavy (non-hydrogen) atoms. The minimum Gasteiger partial charge on any atom is -0.383 e. The highest BCUT2D eigenvalue weighted by Gasteiger charge is 2.30. The molecule has 0 saturated heterocycles. The standard InChI is InChI=1S/C17H21F3N4O2/c1-11-15(12(2)24(23-11)7-8-26-3)10-21-16(25)22-14-6-4-5-13(9-14)17(18,19)20/h4-6,9H,7-8,10H2,1-3H3,(H2,21,22,25). The lowest BCUT2D eigenvalue weighted by Gasteiger charge is -2.11. The molecule has 9 heteroatoms. The zero-order chi connectivity index (χ0) is 19.3. The molecule has 1 aromatic carbocycles. The maximum atomic E-state index is 12.7. The van der Waals surface area contributed by atoms with Gasteiger partial charge in [0.2, 0.25) is 0 Å². The Bertz CT molecular complexity index is 772. The average molecular weight is 370 g/mol. The van der Waals surface area contributed by atoms with Crippen LogP contribution in [0.1, 0.15) is 22.5 Å². The van der Waals surface area contributed by atoms with Crippen LogP contribution >= 0.6 is 0 Å². The molecule has 0 bridgehead atoms. The molecule has 1 heterocycles. The number of aryl methyl sites for hydroxylation is 1. The number of methoxy groups -OCH3 is 1. The summed E-state index contributed by atoms with van der Waals surface area (Å²) in [5, 5.41) is 9.44. The summed E-state index contributed by atoms with van der Waals surface area (Å²) in [6, 6.07) is 3.89. The molecule has 1 aromatic heterocycles. The van der Waals surface area contributed by atoms with Crippen LogP contribution in [0.3, 0.4) is 0 Å². The van der Waals surface area contributed by atoms with Gasteiger partial charge >= 0.3 is 12.2 Å². The van der Waals surface area contributed by atoms with Crippen molar-refractivity contribution in [2.45, 2.75) is 33.1 Å². The number of carbonyl (C=O) groups is 1. The highest BCUT2D eigenvalue weighted by atomic mass is 19.4. The lowest BCUT2D eigenvalue weighted by Crippen LogP contribution is -2.28. The van der Waals surface area contributed by atoms with E-state index in [1.807, 2.05) is 13.8 Å². The molecule has 0 aliphatic heterocycles. The van der Waals surface area contributed by atoms with E-state index in [2.05, 4.69) is 15.7 Å². The van der Waals surface area contributed by atoms with E-state index in [9.17, 15) is 18.0 Å². The van der Waals surface area contributed by atoms with E-state index in [4.69, 9.17) is 4.74 Å². The number of nitrogens with one attached hydrogen (secondary N) is 2. The van der Waals surface area contributed by atoms with E-state index in [1.54, 1.807) is 11.8 Å². The van der Waals surface area contributed by atoms with Gasteiger partial charge in [-0.2, -0.15) is 18.3 Å². The SMILES string of the molecule is COCCn1nc(C)c(CNC(=O)Nc2cccc(C(F)(F)F)c2)c1C. The molecule has 0 atom stereocenters. The van der Waals surface area contributed by atoms with Gasteiger partial charge in [-0.15, -0.1) is 0 Å². The fourth-order valence-corrected chi connectivity index (χ4v) is 2.50. The largest absolute Gasteiger partial charge is 0.416 e. The summed E-state index contributed by atoms with van der Waals surface area (Å²) in [5.41, 5.74) is 1.79. The summed E-state index contributed by atoms with van der Waals surface area (Å²) >= 11 is 0. The van der Waals surface area contributed by atoms with Gasteiger partial charge in [0.25, 0.3) is 0 Å². The van der Waals surface area contributed by atoms with Crippen LogP contribution in [-0.4, -0.2) is 29.5 Å². The molecule has 2 amide bonds. The Balaban J connectivity index is 1.98. The molecule has 142 valence electrons. The monoisotopic (exact) mass is 370 g/mol. The van der Waals surface area contributed by atoms with E-state index in [0.29, 0.717) is 13.2 Å². The molecule has 0 radical (unpaired) electrons. The van der Waals surface area contributed by atoms with Crippen LogP contribution in [0.15, 0.2) is 24.3 Å². The molecule has 6 nitrogen and oxygen atoms in total. The van der Waals surface area contributed by atoms with Crippen molar-refractivity contribution in [2.75, 3.05) is 19.0 Å². The number of benzene rings is 1. The molecule has 0 unspecified atom stereocenters. The summed E-state index contributed by atoms with van der Waals surface area (Å²) in [6.07, 6.45) is -4.46. The van der Waals surface area contributed by atoms with Crippen molar-refractivity contribution in [3.8, 4) is 0 Å². The second kappa shape index (κ2) is 8.22. The van der Waals surface area contributed by atoms with E-state index in [-0.39, 0.29) is 12.2 Å². The Morgan fingerprint density at radius 1 is 1.31 bits per heavy atom. The summed E-state index contributed by atoms with van der Waals surface area (Å²) in [7, 11) is 1.60. The van der Waals surface area contributed by atoms with Crippen molar-refractivity contribution in [1.29, 1.82) is 0 Å². The highest BCUT2D eigenvalue weighted by molar-refractivity contribution is 5.89. The normalized spacial score (nSPS) is 11.5. The summed E-state index contributed by atoms with van der Waals surface area (Å²) in [4.78, 5) is 12.0. The first kappa shape index (κ1) is 19.8. The van der Waals surface area contributed by atoms with Crippen LogP contribution in [0.5, 0.6) is 0 Å². The van der Waals surface area contributed by atoms with Crippen LogP contribution < -0.4 is 10.6 Å². The fraction of sp³-hybridized carbons (Fsp3) is 0.412. The van der Waals surface area contributed by atoms with Gasteiger partial charge in [-0.3, -0.25) is 4.68 Å². The number of hydrogen-bond donors (Lipinski definition) is 2. The van der Waals surface area contributed by atoms with E-state index in [0.717, 1.165) is 29.1 Å². The molecule has 0 fully saturated rings. The van der Waals surface area contributed by atoms with E-state index >= 15 is 0 Å². The minimum atomic E-state index is -4.46. The molecular formula is C17H21F3N4O2. The van der Waals surface area contributed by atoms with Crippen molar-refractivity contribution in [2.24, 2.45) is 0 Å². The zero-order valence-corrected chi connectivity index (χ0v) is 14.8. The number of amides is 2. The zero-order valence-electron chi connectivity index (χ0n) is 14.8. The van der Waals surface area contributed by atoms with E-state index < -0.39 is 17.8 Å². The maximum Gasteiger partial charge on any atom is 0.416 e. The van der Waals surface area contributed by atoms with Crippen LogP contribution in [-0.2, 0) is 24.0 Å². The average Bonchev–Trinajstić information content (AvgIpc) is 2.84. The Kier molecular flexibility index (Phi) is 6.25. The van der Waals surface area contributed by atoms with Crippen molar-refractivity contribution >= 4 is 11.7 Å². The summed E-state index contributed by atoms with van der Waals surface area (Å²) in [6.45, 7) is 5.05. The number of alkyl halides is 3. The van der Waals surface area contributed by atoms with Gasteiger partial charge in [0, 0.05) is 30.6 Å². The topological polar surface area (TPSA) is 68.2 Å². The predicted molar refractivity (Wildman–Crippen MR) is 90.9 cm³/mol. The number of anilines is 1. The molecule has 0 saturated carbocycles. The first-order chi connectivity index (χ1) is 12.2. The minimum absolute atomic E-state index is 0.0709. The molecule has 0 spiro atoms. The fourth-order valence-electron chi connectivity index (χ4n) is 2.50. The number of ether oxygens (including phenoxy) is 1. The van der Waals surface area contributed by atoms with Crippen LogP contribution in [0, 0.1) is 13.8 Å². The molecule has 2 rings (SSSR count). The van der Waals surface area contributed by atoms with Gasteiger partial charge in [0.1, 0.15) is 0 Å². The van der Waals surface area contributed by atoms with Crippen LogP contribution in [0.25, 0.3) is 0 Å². The van der Waals surface area contributed by atoms with Gasteiger partial charge < -0.3 is 15.4 Å². The van der Waals surface area contributed by atoms with Crippen LogP contribution in [0.2, 0.25) is 0 Å². The Hall–Kier alpha value is -2.55. The van der Waals surface area contributed by atoms with Gasteiger partial charge in [-0.25, -0.2) is 4.79 Å². The van der Waals surface area contributed by atoms with Gasteiger partial charge in [0.15, 0.2) is 0 Å². The lowest BCUT2D eigenvalue weighted by molar-refractivity contribution is -0.137. The Morgan fingerprint density at radius 3 is 2.69 bits per heavy atom. The van der Waals surface area contributed by atoms with Crippen molar-refractivity contribution < 1.29 is 22.7 Å². The van der Waals surface area contributed by atoms with Gasteiger partial charge in [-0.1, -0.05) is 6.07 Å². The first-order valence-corrected chi connectivity index (χ1v) is 7.96. The van der Waals surface area contributed by atoms with Crippen molar-refractivity contribution in [1.82, 2.24) is 15.1 Å². The highest BCUT2D eigenvalue weighted by Crippen LogP contribution is 2.30. The number of aromatic nitrogens is 2. The molecule has 0 aliphatic carbocycles. The second-order valence-electron chi connectivity index (χ2n) is 5.75. The quantitative estimate of drug-likeness (QED) is 0.818. The second-order valence-corrected chi connectivity index (χ2v) is 5.75. The van der Waals surface area contributed by atoms with Gasteiger partial charge in [0.05, 0.1) is 24.4 Å². The predicted octanol–water partition coefficient (Wildman–Crippen LogP) is 3.49. The maximum absolute atomic E-state index is 12.7.